The summed E-state index contributed by atoms with van der Waals surface area (Å²) < 4.78 is 0. The fourth-order valence-corrected chi connectivity index (χ4v) is 0.765. The fraction of sp³-hybridized carbons (Fsp3) is 0.667. The van der Waals surface area contributed by atoms with E-state index in [-0.39, 0.29) is 9.52 Å². The molecule has 0 aliphatic carbocycles. The van der Waals surface area contributed by atoms with Crippen LogP contribution in [0.1, 0.15) is 19.8 Å². The zero-order valence-electron chi connectivity index (χ0n) is 5.12. The van der Waals surface area contributed by atoms with Crippen LogP contribution in [0, 0.1) is 11.5 Å². The molecule has 0 bridgehead atoms. The molecule has 40 valence electrons. The lowest BCUT2D eigenvalue weighted by Crippen LogP contribution is -1.70. The highest BCUT2D eigenvalue weighted by atomic mass is 28.2. The van der Waals surface area contributed by atoms with E-state index in [0.29, 0.717) is 0 Å². The minimum atomic E-state index is 0.0326. The molecule has 0 aliphatic rings. The van der Waals surface area contributed by atoms with Crippen LogP contribution in [0.3, 0.4) is 0 Å². The highest BCUT2D eigenvalue weighted by Crippen LogP contribution is 1.79. The molecule has 1 heteroatoms. The Labute approximate surface area is 48.1 Å². The third kappa shape index (κ3) is 5.78. The van der Waals surface area contributed by atoms with Crippen molar-refractivity contribution in [3.8, 4) is 11.5 Å². The number of rotatable bonds is 1. The first-order chi connectivity index (χ1) is 3.41. The summed E-state index contributed by atoms with van der Waals surface area (Å²) in [5.41, 5.74) is 3.14. The lowest BCUT2D eigenvalue weighted by atomic mass is 10.4. The molecule has 0 nitrogen and oxygen atoms in total. The maximum atomic E-state index is 3.14. The summed E-state index contributed by atoms with van der Waals surface area (Å²) in [6, 6.07) is 0. The summed E-state index contributed by atoms with van der Waals surface area (Å²) in [4.78, 5) is 0. The number of hydrogen-bond acceptors (Lipinski definition) is 0. The minimum absolute atomic E-state index is 0.0326. The van der Waals surface area contributed by atoms with E-state index < -0.39 is 0 Å². The Bertz CT molecular complexity index is 75.9. The van der Waals surface area contributed by atoms with E-state index in [9.17, 15) is 0 Å². The summed E-state index contributed by atoms with van der Waals surface area (Å²) in [6.07, 6.45) is 2.31. The Kier molecular flexibility index (Phi) is 5.59. The summed E-state index contributed by atoms with van der Waals surface area (Å²) in [5, 5.41) is 0. The quantitative estimate of drug-likeness (QED) is 0.350. The fourth-order valence-electron chi connectivity index (χ4n) is 0.338. The molecule has 0 aromatic carbocycles. The van der Waals surface area contributed by atoms with Gasteiger partial charge in [0.05, 0.1) is 0 Å². The maximum absolute atomic E-state index is 3.14. The first kappa shape index (κ1) is 6.78. The van der Waals surface area contributed by atoms with Crippen LogP contribution in [0.15, 0.2) is 0 Å². The average Bonchev–Trinajstić information content (AvgIpc) is 1.69. The largest absolute Gasteiger partial charge is 0.140 e. The van der Waals surface area contributed by atoms with Gasteiger partial charge in [-0.05, 0) is 6.42 Å². The van der Waals surface area contributed by atoms with Crippen molar-refractivity contribution in [2.45, 2.75) is 26.3 Å². The van der Waals surface area contributed by atoms with Gasteiger partial charge in [0.25, 0.3) is 0 Å². The molecule has 0 aromatic rings. The molecule has 0 spiro atoms. The molecule has 0 amide bonds. The van der Waals surface area contributed by atoms with E-state index in [0.717, 1.165) is 6.42 Å². The molecule has 0 fully saturated rings. The van der Waals surface area contributed by atoms with Gasteiger partial charge in [-0.1, -0.05) is 13.5 Å². The number of unbranched alkanes of at least 4 members (excludes halogenated alkanes) is 1. The Balaban J connectivity index is 2.91. The Hall–Kier alpha value is -0.223. The van der Waals surface area contributed by atoms with Crippen LogP contribution in [0.2, 0.25) is 6.55 Å². The van der Waals surface area contributed by atoms with Crippen LogP contribution in [0.4, 0.5) is 0 Å². The van der Waals surface area contributed by atoms with Gasteiger partial charge < -0.3 is 0 Å². The van der Waals surface area contributed by atoms with Gasteiger partial charge in [0.1, 0.15) is 9.52 Å². The van der Waals surface area contributed by atoms with Gasteiger partial charge in [-0.3, -0.25) is 0 Å². The molecular weight excluding hydrogens is 100 g/mol. The molecular formula is C6H12Si. The second-order valence-electron chi connectivity index (χ2n) is 1.46. The Morgan fingerprint density at radius 3 is 2.71 bits per heavy atom. The molecule has 0 atom stereocenters. The molecule has 0 saturated carbocycles. The van der Waals surface area contributed by atoms with Gasteiger partial charge in [0.15, 0.2) is 0 Å². The second-order valence-corrected chi connectivity index (χ2v) is 2.52. The third-order valence-corrected chi connectivity index (χ3v) is 1.28. The molecule has 0 saturated heterocycles. The van der Waals surface area contributed by atoms with Crippen molar-refractivity contribution >= 4 is 9.52 Å². The summed E-state index contributed by atoms with van der Waals surface area (Å²) in [6.45, 7) is 4.37. The zero-order chi connectivity index (χ0) is 5.54. The molecule has 0 heterocycles. The second kappa shape index (κ2) is 5.78. The molecule has 0 radical (unpaired) electrons. The predicted octanol–water partition coefficient (Wildman–Crippen LogP) is 0.964. The SMILES string of the molecule is CCCC#C[SiH2]C. The Morgan fingerprint density at radius 2 is 2.29 bits per heavy atom. The van der Waals surface area contributed by atoms with Crippen LogP contribution in [-0.2, 0) is 0 Å². The van der Waals surface area contributed by atoms with Crippen LogP contribution >= 0.6 is 0 Å². The average molecular weight is 112 g/mol. The van der Waals surface area contributed by atoms with Crippen molar-refractivity contribution in [3.63, 3.8) is 0 Å². The smallest absolute Gasteiger partial charge is 0.104 e. The predicted molar refractivity (Wildman–Crippen MR) is 37.1 cm³/mol. The maximum Gasteiger partial charge on any atom is 0.104 e. The summed E-state index contributed by atoms with van der Waals surface area (Å²) in [7, 11) is 0.0326. The van der Waals surface area contributed by atoms with Crippen molar-refractivity contribution in [1.29, 1.82) is 0 Å². The normalized spacial score (nSPS) is 8.86. The third-order valence-electron chi connectivity index (χ3n) is 0.677. The topological polar surface area (TPSA) is 0 Å². The lowest BCUT2D eigenvalue weighted by molar-refractivity contribution is 0.984. The first-order valence-electron chi connectivity index (χ1n) is 2.87. The van der Waals surface area contributed by atoms with Gasteiger partial charge >= 0.3 is 0 Å². The molecule has 0 N–H and O–H groups in total. The zero-order valence-corrected chi connectivity index (χ0v) is 6.54. The van der Waals surface area contributed by atoms with Crippen molar-refractivity contribution in [2.75, 3.05) is 0 Å². The summed E-state index contributed by atoms with van der Waals surface area (Å²) in [5.74, 6) is 3.10. The van der Waals surface area contributed by atoms with Crippen molar-refractivity contribution in [1.82, 2.24) is 0 Å². The molecule has 0 unspecified atom stereocenters. The highest BCUT2D eigenvalue weighted by molar-refractivity contribution is 6.44. The van der Waals surface area contributed by atoms with Gasteiger partial charge in [-0.25, -0.2) is 0 Å². The van der Waals surface area contributed by atoms with Crippen molar-refractivity contribution < 1.29 is 0 Å². The van der Waals surface area contributed by atoms with Gasteiger partial charge in [0, 0.05) is 6.42 Å². The first-order valence-corrected chi connectivity index (χ1v) is 4.99. The molecule has 0 rings (SSSR count). The molecule has 0 aliphatic heterocycles. The molecule has 7 heavy (non-hydrogen) atoms. The van der Waals surface area contributed by atoms with Crippen LogP contribution in [-0.4, -0.2) is 9.52 Å². The van der Waals surface area contributed by atoms with E-state index in [1.54, 1.807) is 0 Å². The van der Waals surface area contributed by atoms with Crippen LogP contribution < -0.4 is 0 Å². The van der Waals surface area contributed by atoms with E-state index in [1.165, 1.54) is 6.42 Å². The highest BCUT2D eigenvalue weighted by Gasteiger charge is 1.66. The Morgan fingerprint density at radius 1 is 1.57 bits per heavy atom. The van der Waals surface area contributed by atoms with Crippen molar-refractivity contribution in [2.24, 2.45) is 0 Å². The monoisotopic (exact) mass is 112 g/mol. The van der Waals surface area contributed by atoms with Crippen LogP contribution in [0.5, 0.6) is 0 Å². The van der Waals surface area contributed by atoms with Gasteiger partial charge in [0.2, 0.25) is 0 Å². The van der Waals surface area contributed by atoms with E-state index in [2.05, 4.69) is 24.9 Å². The van der Waals surface area contributed by atoms with Crippen molar-refractivity contribution in [3.05, 3.63) is 0 Å². The molecule has 0 aromatic heterocycles. The van der Waals surface area contributed by atoms with E-state index in [1.807, 2.05) is 0 Å². The standard InChI is InChI=1S/C6H12Si/c1-3-4-5-6-7-2/h3-4,7H2,1-2H3. The minimum Gasteiger partial charge on any atom is -0.140 e. The van der Waals surface area contributed by atoms with Crippen LogP contribution in [0.25, 0.3) is 0 Å². The number of hydrogen-bond donors (Lipinski definition) is 0. The van der Waals surface area contributed by atoms with Gasteiger partial charge in [-0.15, -0.1) is 11.5 Å². The van der Waals surface area contributed by atoms with Gasteiger partial charge in [-0.2, -0.15) is 0 Å². The van der Waals surface area contributed by atoms with E-state index in [4.69, 9.17) is 0 Å². The lowest BCUT2D eigenvalue weighted by Gasteiger charge is -1.74. The van der Waals surface area contributed by atoms with E-state index >= 15 is 0 Å². The summed E-state index contributed by atoms with van der Waals surface area (Å²) >= 11 is 0.